The van der Waals surface area contributed by atoms with Gasteiger partial charge in [-0.3, -0.25) is 0 Å². The first-order valence-corrected chi connectivity index (χ1v) is 6.38. The molecule has 4 nitrogen and oxygen atoms in total. The van der Waals surface area contributed by atoms with Crippen LogP contribution in [-0.2, 0) is 0 Å². The Labute approximate surface area is 111 Å². The van der Waals surface area contributed by atoms with Gasteiger partial charge in [0.2, 0.25) is 11.7 Å². The number of nitrogens with two attached hydrogens (primary N) is 1. The standard InChI is InChI=1S/C14H18FN3O/c1-4-9(3)12(16)14-17-13(18-19-14)10-5-8(2)6-11(15)7-10/h5-7,9,12H,4,16H2,1-3H3/t9-,12-/m0/s1. The molecule has 0 aliphatic carbocycles. The fourth-order valence-electron chi connectivity index (χ4n) is 1.85. The summed E-state index contributed by atoms with van der Waals surface area (Å²) in [6.45, 7) is 5.90. The zero-order valence-corrected chi connectivity index (χ0v) is 11.4. The van der Waals surface area contributed by atoms with Crippen LogP contribution >= 0.6 is 0 Å². The van der Waals surface area contributed by atoms with E-state index >= 15 is 0 Å². The van der Waals surface area contributed by atoms with Crippen LogP contribution in [0.3, 0.4) is 0 Å². The second-order valence-electron chi connectivity index (χ2n) is 4.88. The van der Waals surface area contributed by atoms with Crippen molar-refractivity contribution in [2.24, 2.45) is 11.7 Å². The molecule has 2 aromatic rings. The second kappa shape index (κ2) is 5.48. The summed E-state index contributed by atoms with van der Waals surface area (Å²) in [5.41, 5.74) is 7.44. The SMILES string of the molecule is CC[C@H](C)[C@H](N)c1nc(-c2cc(C)cc(F)c2)no1. The molecule has 0 radical (unpaired) electrons. The van der Waals surface area contributed by atoms with E-state index in [4.69, 9.17) is 10.3 Å². The Balaban J connectivity index is 2.30. The number of rotatable bonds is 4. The molecule has 0 saturated heterocycles. The molecule has 1 heterocycles. The van der Waals surface area contributed by atoms with E-state index in [1.165, 1.54) is 12.1 Å². The summed E-state index contributed by atoms with van der Waals surface area (Å²) in [7, 11) is 0. The minimum absolute atomic E-state index is 0.252. The molecule has 2 rings (SSSR count). The van der Waals surface area contributed by atoms with E-state index in [1.807, 2.05) is 19.9 Å². The molecule has 1 aromatic carbocycles. The Bertz CT molecular complexity index is 547. The van der Waals surface area contributed by atoms with Crippen molar-refractivity contribution in [1.29, 1.82) is 0 Å². The third kappa shape index (κ3) is 2.98. The van der Waals surface area contributed by atoms with Gasteiger partial charge in [0.1, 0.15) is 5.82 Å². The summed E-state index contributed by atoms with van der Waals surface area (Å²) in [6, 6.07) is 4.36. The summed E-state index contributed by atoms with van der Waals surface area (Å²) in [5.74, 6) is 0.706. The zero-order chi connectivity index (χ0) is 14.0. The molecule has 0 aliphatic heterocycles. The first kappa shape index (κ1) is 13.7. The number of aryl methyl sites for hydroxylation is 1. The Morgan fingerprint density at radius 1 is 1.37 bits per heavy atom. The average Bonchev–Trinajstić information content (AvgIpc) is 2.85. The van der Waals surface area contributed by atoms with E-state index in [0.29, 0.717) is 17.3 Å². The molecule has 0 spiro atoms. The summed E-state index contributed by atoms with van der Waals surface area (Å²) in [5, 5.41) is 3.87. The molecule has 0 amide bonds. The minimum Gasteiger partial charge on any atom is -0.337 e. The molecule has 0 unspecified atom stereocenters. The molecule has 0 bridgehead atoms. The summed E-state index contributed by atoms with van der Waals surface area (Å²) in [6.07, 6.45) is 0.929. The largest absolute Gasteiger partial charge is 0.337 e. The topological polar surface area (TPSA) is 64.9 Å². The number of benzene rings is 1. The lowest BCUT2D eigenvalue weighted by atomic mass is 10.0. The van der Waals surface area contributed by atoms with Crippen LogP contribution in [-0.4, -0.2) is 10.1 Å². The smallest absolute Gasteiger partial charge is 0.244 e. The van der Waals surface area contributed by atoms with Gasteiger partial charge in [-0.25, -0.2) is 4.39 Å². The normalized spacial score (nSPS) is 14.4. The summed E-state index contributed by atoms with van der Waals surface area (Å²) in [4.78, 5) is 4.26. The Kier molecular flexibility index (Phi) is 3.95. The van der Waals surface area contributed by atoms with Crippen molar-refractivity contribution in [2.45, 2.75) is 33.2 Å². The van der Waals surface area contributed by atoms with Crippen molar-refractivity contribution in [3.63, 3.8) is 0 Å². The van der Waals surface area contributed by atoms with Crippen LogP contribution in [0.5, 0.6) is 0 Å². The van der Waals surface area contributed by atoms with Gasteiger partial charge in [0, 0.05) is 5.56 Å². The van der Waals surface area contributed by atoms with Crippen molar-refractivity contribution in [1.82, 2.24) is 10.1 Å². The van der Waals surface area contributed by atoms with Crippen LogP contribution in [0.25, 0.3) is 11.4 Å². The van der Waals surface area contributed by atoms with Crippen LogP contribution in [0.15, 0.2) is 22.7 Å². The molecular formula is C14H18FN3O. The highest BCUT2D eigenvalue weighted by molar-refractivity contribution is 5.55. The lowest BCUT2D eigenvalue weighted by Crippen LogP contribution is -2.18. The quantitative estimate of drug-likeness (QED) is 0.919. The van der Waals surface area contributed by atoms with E-state index in [2.05, 4.69) is 17.1 Å². The van der Waals surface area contributed by atoms with Crippen LogP contribution in [0.1, 0.15) is 37.8 Å². The Morgan fingerprint density at radius 2 is 2.11 bits per heavy atom. The molecule has 0 saturated carbocycles. The average molecular weight is 263 g/mol. The monoisotopic (exact) mass is 263 g/mol. The first-order chi connectivity index (χ1) is 9.01. The van der Waals surface area contributed by atoms with Crippen LogP contribution in [0.4, 0.5) is 4.39 Å². The predicted octanol–water partition coefficient (Wildman–Crippen LogP) is 3.23. The van der Waals surface area contributed by atoms with Crippen LogP contribution in [0, 0.1) is 18.7 Å². The number of hydrogen-bond acceptors (Lipinski definition) is 4. The lowest BCUT2D eigenvalue weighted by Gasteiger charge is -2.12. The number of halogens is 1. The van der Waals surface area contributed by atoms with Crippen molar-refractivity contribution in [3.8, 4) is 11.4 Å². The van der Waals surface area contributed by atoms with Gasteiger partial charge < -0.3 is 10.3 Å². The molecule has 1 aromatic heterocycles. The first-order valence-electron chi connectivity index (χ1n) is 6.38. The minimum atomic E-state index is -0.312. The molecule has 102 valence electrons. The fraction of sp³-hybridized carbons (Fsp3) is 0.429. The molecule has 5 heteroatoms. The van der Waals surface area contributed by atoms with Gasteiger partial charge in [-0.2, -0.15) is 4.98 Å². The molecule has 2 atom stereocenters. The van der Waals surface area contributed by atoms with Crippen molar-refractivity contribution >= 4 is 0 Å². The van der Waals surface area contributed by atoms with Gasteiger partial charge in [-0.15, -0.1) is 0 Å². The highest BCUT2D eigenvalue weighted by Crippen LogP contribution is 2.24. The lowest BCUT2D eigenvalue weighted by molar-refractivity contribution is 0.312. The maximum absolute atomic E-state index is 13.4. The molecule has 2 N–H and O–H groups in total. The summed E-state index contributed by atoms with van der Waals surface area (Å²) >= 11 is 0. The highest BCUT2D eigenvalue weighted by atomic mass is 19.1. The van der Waals surface area contributed by atoms with Gasteiger partial charge in [0.05, 0.1) is 6.04 Å². The fourth-order valence-corrected chi connectivity index (χ4v) is 1.85. The van der Waals surface area contributed by atoms with Crippen molar-refractivity contribution in [2.75, 3.05) is 0 Å². The second-order valence-corrected chi connectivity index (χ2v) is 4.88. The summed E-state index contributed by atoms with van der Waals surface area (Å²) < 4.78 is 18.5. The van der Waals surface area contributed by atoms with E-state index in [-0.39, 0.29) is 17.8 Å². The molecule has 0 aliphatic rings. The zero-order valence-electron chi connectivity index (χ0n) is 11.4. The van der Waals surface area contributed by atoms with Crippen LogP contribution < -0.4 is 5.73 Å². The van der Waals surface area contributed by atoms with E-state index in [1.54, 1.807) is 0 Å². The maximum Gasteiger partial charge on any atom is 0.244 e. The van der Waals surface area contributed by atoms with Gasteiger partial charge in [-0.1, -0.05) is 25.4 Å². The molecule has 19 heavy (non-hydrogen) atoms. The van der Waals surface area contributed by atoms with Gasteiger partial charge in [-0.05, 0) is 36.6 Å². The highest BCUT2D eigenvalue weighted by Gasteiger charge is 2.20. The van der Waals surface area contributed by atoms with Gasteiger partial charge in [0.15, 0.2) is 0 Å². The molecular weight excluding hydrogens is 245 g/mol. The van der Waals surface area contributed by atoms with E-state index in [9.17, 15) is 4.39 Å². The Morgan fingerprint density at radius 3 is 2.74 bits per heavy atom. The van der Waals surface area contributed by atoms with Crippen LogP contribution in [0.2, 0.25) is 0 Å². The van der Waals surface area contributed by atoms with Crippen molar-refractivity contribution < 1.29 is 8.91 Å². The van der Waals surface area contributed by atoms with E-state index in [0.717, 1.165) is 12.0 Å². The maximum atomic E-state index is 13.4. The molecule has 0 fully saturated rings. The third-order valence-electron chi connectivity index (χ3n) is 3.28. The van der Waals surface area contributed by atoms with Gasteiger partial charge >= 0.3 is 0 Å². The number of hydrogen-bond donors (Lipinski definition) is 1. The number of aromatic nitrogens is 2. The van der Waals surface area contributed by atoms with Crippen molar-refractivity contribution in [3.05, 3.63) is 35.5 Å². The van der Waals surface area contributed by atoms with Gasteiger partial charge in [0.25, 0.3) is 0 Å². The third-order valence-corrected chi connectivity index (χ3v) is 3.28. The number of nitrogens with zero attached hydrogens (tertiary/aromatic N) is 2. The Hall–Kier alpha value is -1.75. The van der Waals surface area contributed by atoms with E-state index < -0.39 is 0 Å². The predicted molar refractivity (Wildman–Crippen MR) is 70.8 cm³/mol.